The molecule has 0 spiro atoms. The molecule has 0 heterocycles. The Hall–Kier alpha value is -1.26. The Morgan fingerprint density at radius 1 is 0.632 bits per heavy atom. The average Bonchev–Trinajstić information content (AvgIpc) is 2.65. The summed E-state index contributed by atoms with van der Waals surface area (Å²) in [4.78, 5) is 10.9. The van der Waals surface area contributed by atoms with Gasteiger partial charge >= 0.3 is 47.0 Å². The van der Waals surface area contributed by atoms with Crippen molar-refractivity contribution >= 4 is 26.8 Å². The number of halogens is 17. The van der Waals surface area contributed by atoms with Crippen molar-refractivity contribution in [1.29, 1.82) is 0 Å². The molecule has 0 rings (SSSR count). The molecule has 0 saturated heterocycles. The average molecular weight is 646 g/mol. The molecule has 0 aromatic rings. The number of alkyl halides is 17. The van der Waals surface area contributed by atoms with Crippen molar-refractivity contribution in [1.82, 2.24) is 0 Å². The first-order valence-electron chi connectivity index (χ1n) is 8.89. The molecule has 0 aliphatic carbocycles. The molecule has 0 N–H and O–H groups in total. The van der Waals surface area contributed by atoms with Crippen molar-refractivity contribution in [2.45, 2.75) is 66.7 Å². The highest BCUT2D eigenvalue weighted by molar-refractivity contribution is 7.96. The van der Waals surface area contributed by atoms with Crippen LogP contribution >= 0.6 is 0 Å². The number of hydrogen-bond acceptors (Lipinski definition) is 4. The van der Waals surface area contributed by atoms with E-state index in [1.165, 1.54) is 0 Å². The molecule has 0 aromatic heterocycles. The zero-order chi connectivity index (χ0) is 31.8. The zero-order valence-corrected chi connectivity index (χ0v) is 20.1. The summed E-state index contributed by atoms with van der Waals surface area (Å²) >= 11 is 0. The lowest BCUT2D eigenvalue weighted by Crippen LogP contribution is -2.75. The van der Waals surface area contributed by atoms with Gasteiger partial charge in [0.1, 0.15) is 0 Å². The van der Waals surface area contributed by atoms with Crippen LogP contribution in [0.1, 0.15) is 19.8 Å². The molecule has 0 fully saturated rings. The van der Waals surface area contributed by atoms with Crippen LogP contribution in [0.15, 0.2) is 0 Å². The minimum Gasteiger partial charge on any atom is -0.743 e. The molecule has 0 atom stereocenters. The fourth-order valence-corrected chi connectivity index (χ4v) is 3.21. The Kier molecular flexibility index (Phi) is 11.6. The summed E-state index contributed by atoms with van der Waals surface area (Å²) in [5, 5.41) is -7.95. The lowest BCUT2D eigenvalue weighted by molar-refractivity contribution is -0.458. The fourth-order valence-electron chi connectivity index (χ4n) is 1.98. The van der Waals surface area contributed by atoms with Crippen molar-refractivity contribution in [3.05, 3.63) is 0 Å². The van der Waals surface area contributed by atoms with Crippen LogP contribution in [0.3, 0.4) is 0 Å². The van der Waals surface area contributed by atoms with E-state index >= 15 is 0 Å². The predicted molar refractivity (Wildman–Crippen MR) is 94.4 cm³/mol. The largest absolute Gasteiger partial charge is 0.743 e. The van der Waals surface area contributed by atoms with Crippen molar-refractivity contribution in [2.24, 2.45) is 0 Å². The smallest absolute Gasteiger partial charge is 0.460 e. The van der Waals surface area contributed by atoms with Gasteiger partial charge in [0, 0.05) is 6.42 Å². The summed E-state index contributed by atoms with van der Waals surface area (Å²) in [5.41, 5.74) is 0. The van der Waals surface area contributed by atoms with Crippen LogP contribution in [0, 0.1) is 0 Å². The van der Waals surface area contributed by atoms with Crippen LogP contribution in [0.4, 0.5) is 74.6 Å². The van der Waals surface area contributed by atoms with Crippen LogP contribution in [-0.2, 0) is 25.8 Å². The van der Waals surface area contributed by atoms with Gasteiger partial charge in [0.15, 0.2) is 21.7 Å². The summed E-state index contributed by atoms with van der Waals surface area (Å²) in [6, 6.07) is 0. The molecule has 4 nitrogen and oxygen atoms in total. The maximum absolute atomic E-state index is 13.0. The van der Waals surface area contributed by atoms with E-state index in [9.17, 15) is 92.4 Å². The van der Waals surface area contributed by atoms with Crippen molar-refractivity contribution in [3.63, 3.8) is 0 Å². The Bertz CT molecular complexity index is 926. The summed E-state index contributed by atoms with van der Waals surface area (Å²) in [5.74, 6) is -50.9. The highest BCUT2D eigenvalue weighted by Gasteiger charge is 2.95. The summed E-state index contributed by atoms with van der Waals surface area (Å²) in [7, 11) is -7.84. The molecule has 38 heavy (non-hydrogen) atoms. The Balaban J connectivity index is 0. The number of carbonyl (C=O) groups excluding carboxylic acids is 1. The number of hydrogen-bond donors (Lipinski definition) is 0. The first-order valence-corrected chi connectivity index (χ1v) is 12.5. The SMILES string of the molecule is CCCC(=O)C[S+](C)C.O=S(=O)([O-])C(F)(F)C(F)(F)C(F)(F)C(F)(F)C(F)(F)C(F)(F)C(F)(F)C(F)(F)F. The second-order valence-corrected chi connectivity index (χ2v) is 11.0. The van der Waals surface area contributed by atoms with E-state index in [1.807, 2.05) is 6.92 Å². The summed E-state index contributed by atoms with van der Waals surface area (Å²) in [6.07, 6.45) is -1.92. The maximum Gasteiger partial charge on any atom is 0.460 e. The minimum atomic E-state index is -8.92. The minimum absolute atomic E-state index is 0.303. The van der Waals surface area contributed by atoms with Gasteiger partial charge in [0.2, 0.25) is 0 Å². The van der Waals surface area contributed by atoms with E-state index < -0.39 is 57.1 Å². The third-order valence-corrected chi connectivity index (χ3v) is 5.77. The Labute approximate surface area is 205 Å². The highest BCUT2D eigenvalue weighted by Crippen LogP contribution is 2.64. The van der Waals surface area contributed by atoms with E-state index in [4.69, 9.17) is 0 Å². The Morgan fingerprint density at radius 3 is 1.16 bits per heavy atom. The quantitative estimate of drug-likeness (QED) is 0.163. The van der Waals surface area contributed by atoms with E-state index in [0.29, 0.717) is 16.7 Å². The molecular formula is C15H15F17O4S2. The van der Waals surface area contributed by atoms with Crippen molar-refractivity contribution in [2.75, 3.05) is 18.3 Å². The molecule has 23 heteroatoms. The molecule has 0 bridgehead atoms. The molecule has 0 saturated carbocycles. The molecule has 0 aliphatic heterocycles. The molecule has 0 amide bonds. The van der Waals surface area contributed by atoms with Crippen molar-refractivity contribution in [3.8, 4) is 0 Å². The number of carbonyl (C=O) groups is 1. The van der Waals surface area contributed by atoms with E-state index in [2.05, 4.69) is 12.5 Å². The van der Waals surface area contributed by atoms with Gasteiger partial charge in [-0.05, 0) is 17.3 Å². The van der Waals surface area contributed by atoms with Gasteiger partial charge < -0.3 is 4.55 Å². The second kappa shape index (κ2) is 11.3. The standard InChI is InChI=1S/C8HF17O3S.C7H15OS/c9-1(10,3(13,14)5(17,18)7(21,22)23)2(11,12)4(15,16)6(19,20)8(24,25)29(26,27)28;1-4-5-7(8)6-9(2)3/h(H,26,27,28);4-6H2,1-3H3/q;+1/p-1. The van der Waals surface area contributed by atoms with Gasteiger partial charge in [0.25, 0.3) is 0 Å². The predicted octanol–water partition coefficient (Wildman–Crippen LogP) is 5.73. The van der Waals surface area contributed by atoms with Gasteiger partial charge in [-0.1, -0.05) is 6.92 Å². The lowest BCUT2D eigenvalue weighted by Gasteiger charge is -2.42. The van der Waals surface area contributed by atoms with E-state index in [0.717, 1.165) is 18.6 Å². The van der Waals surface area contributed by atoms with Gasteiger partial charge in [-0.3, -0.25) is 4.79 Å². The van der Waals surface area contributed by atoms with E-state index in [1.54, 1.807) is 0 Å². The van der Waals surface area contributed by atoms with Crippen LogP contribution in [0.25, 0.3) is 0 Å². The first kappa shape index (κ1) is 38.9. The van der Waals surface area contributed by atoms with Crippen LogP contribution in [-0.4, -0.2) is 84.0 Å². The third-order valence-electron chi connectivity index (χ3n) is 3.99. The number of Topliss-reactive ketones (excluding diaryl/α,β-unsaturated/α-hetero) is 1. The summed E-state index contributed by atoms with van der Waals surface area (Å²) in [6.45, 7) is 2.04. The van der Waals surface area contributed by atoms with Crippen LogP contribution < -0.4 is 0 Å². The normalized spacial score (nSPS) is 15.3. The zero-order valence-electron chi connectivity index (χ0n) is 18.5. The van der Waals surface area contributed by atoms with Crippen LogP contribution in [0.5, 0.6) is 0 Å². The Morgan fingerprint density at radius 2 is 0.921 bits per heavy atom. The fraction of sp³-hybridized carbons (Fsp3) is 0.933. The molecular weight excluding hydrogens is 631 g/mol. The molecule has 230 valence electrons. The van der Waals surface area contributed by atoms with Crippen molar-refractivity contribution < 1.29 is 92.4 Å². The van der Waals surface area contributed by atoms with Gasteiger partial charge in [-0.15, -0.1) is 0 Å². The van der Waals surface area contributed by atoms with Gasteiger partial charge in [0.05, 0.1) is 12.5 Å². The maximum atomic E-state index is 13.0. The topological polar surface area (TPSA) is 74.3 Å². The summed E-state index contributed by atoms with van der Waals surface area (Å²) < 4.78 is 244. The third kappa shape index (κ3) is 6.54. The lowest BCUT2D eigenvalue weighted by atomic mass is 9.91. The highest BCUT2D eigenvalue weighted by atomic mass is 32.2. The number of ketones is 1. The number of rotatable bonds is 11. The molecule has 0 aromatic carbocycles. The van der Waals surface area contributed by atoms with E-state index in [-0.39, 0.29) is 0 Å². The van der Waals surface area contributed by atoms with Gasteiger partial charge in [-0.25, -0.2) is 8.42 Å². The second-order valence-electron chi connectivity index (χ2n) is 7.33. The molecule has 0 unspecified atom stereocenters. The monoisotopic (exact) mass is 646 g/mol. The first-order chi connectivity index (χ1) is 16.2. The molecule has 0 aliphatic rings. The molecule has 0 radical (unpaired) electrons. The van der Waals surface area contributed by atoms with Crippen LogP contribution in [0.2, 0.25) is 0 Å². The van der Waals surface area contributed by atoms with Gasteiger partial charge in [-0.2, -0.15) is 74.6 Å².